The summed E-state index contributed by atoms with van der Waals surface area (Å²) in [7, 11) is 0. The number of aliphatic carboxylic acids is 1. The standard InChI is InChI=1S/C16H16N2O5/c1-2-11-14(17-8-23-11)15(19)18-13(16(20)21)10-3-4-12-9(7-10)5-6-22-12/h3-4,7-8,13H,2,5-6H2,1H3,(H,18,19)(H,20,21). The minimum Gasteiger partial charge on any atom is -0.493 e. The first-order chi connectivity index (χ1) is 11.1. The molecule has 0 saturated heterocycles. The maximum absolute atomic E-state index is 12.3. The monoisotopic (exact) mass is 316 g/mol. The number of nitrogens with zero attached hydrogens (tertiary/aromatic N) is 1. The Morgan fingerprint density at radius 3 is 3.00 bits per heavy atom. The number of amides is 1. The van der Waals surface area contributed by atoms with Crippen LogP contribution in [0.4, 0.5) is 0 Å². The summed E-state index contributed by atoms with van der Waals surface area (Å²) in [6.45, 7) is 2.41. The fourth-order valence-electron chi connectivity index (χ4n) is 2.58. The van der Waals surface area contributed by atoms with Gasteiger partial charge in [0.2, 0.25) is 0 Å². The molecule has 1 aromatic heterocycles. The molecule has 0 aliphatic carbocycles. The minimum absolute atomic E-state index is 0.114. The normalized spacial score (nSPS) is 14.0. The maximum Gasteiger partial charge on any atom is 0.330 e. The molecule has 0 radical (unpaired) electrons. The zero-order chi connectivity index (χ0) is 16.4. The first-order valence-corrected chi connectivity index (χ1v) is 7.31. The summed E-state index contributed by atoms with van der Waals surface area (Å²) in [5.74, 6) is -0.526. The number of carboxylic acids is 1. The van der Waals surface area contributed by atoms with Crippen molar-refractivity contribution in [2.45, 2.75) is 25.8 Å². The molecule has 2 N–H and O–H groups in total. The van der Waals surface area contributed by atoms with Gasteiger partial charge in [-0.1, -0.05) is 13.0 Å². The molecule has 0 bridgehead atoms. The molecule has 0 spiro atoms. The van der Waals surface area contributed by atoms with Gasteiger partial charge in [-0.05, 0) is 23.3 Å². The van der Waals surface area contributed by atoms with Gasteiger partial charge in [-0.15, -0.1) is 0 Å². The van der Waals surface area contributed by atoms with Crippen LogP contribution in [-0.2, 0) is 17.6 Å². The lowest BCUT2D eigenvalue weighted by Crippen LogP contribution is -2.34. The van der Waals surface area contributed by atoms with Gasteiger partial charge in [0.15, 0.2) is 18.1 Å². The second kappa shape index (κ2) is 6.12. The number of nitrogens with one attached hydrogen (secondary N) is 1. The van der Waals surface area contributed by atoms with Crippen LogP contribution in [0.5, 0.6) is 5.75 Å². The lowest BCUT2D eigenvalue weighted by atomic mass is 10.0. The van der Waals surface area contributed by atoms with Gasteiger partial charge in [0.1, 0.15) is 11.5 Å². The van der Waals surface area contributed by atoms with Gasteiger partial charge in [-0.25, -0.2) is 9.78 Å². The number of fused-ring (bicyclic) bond motifs is 1. The summed E-state index contributed by atoms with van der Waals surface area (Å²) >= 11 is 0. The maximum atomic E-state index is 12.3. The van der Waals surface area contributed by atoms with Gasteiger partial charge in [-0.2, -0.15) is 0 Å². The summed E-state index contributed by atoms with van der Waals surface area (Å²) in [6, 6.07) is 3.97. The molecule has 120 valence electrons. The topological polar surface area (TPSA) is 102 Å². The number of hydrogen-bond acceptors (Lipinski definition) is 5. The van der Waals surface area contributed by atoms with E-state index in [-0.39, 0.29) is 5.69 Å². The van der Waals surface area contributed by atoms with Crippen LogP contribution in [0.25, 0.3) is 0 Å². The molecule has 1 aliphatic rings. The zero-order valence-corrected chi connectivity index (χ0v) is 12.5. The summed E-state index contributed by atoms with van der Waals surface area (Å²) in [6.07, 6.45) is 2.40. The van der Waals surface area contributed by atoms with Crippen molar-refractivity contribution in [3.63, 3.8) is 0 Å². The van der Waals surface area contributed by atoms with Crippen molar-refractivity contribution in [2.75, 3.05) is 6.61 Å². The number of oxazole rings is 1. The summed E-state index contributed by atoms with van der Waals surface area (Å²) in [5, 5.41) is 12.0. The van der Waals surface area contributed by atoms with Gasteiger partial charge in [-0.3, -0.25) is 4.79 Å². The van der Waals surface area contributed by atoms with Crippen molar-refractivity contribution in [2.24, 2.45) is 0 Å². The number of aryl methyl sites for hydroxylation is 1. The number of carboxylic acid groups (broad SMARTS) is 1. The Kier molecular flexibility index (Phi) is 4.01. The molecule has 3 rings (SSSR count). The van der Waals surface area contributed by atoms with Crippen LogP contribution in [0.15, 0.2) is 29.0 Å². The lowest BCUT2D eigenvalue weighted by molar-refractivity contribution is -0.139. The van der Waals surface area contributed by atoms with Gasteiger partial charge < -0.3 is 19.6 Å². The van der Waals surface area contributed by atoms with E-state index in [1.54, 1.807) is 18.2 Å². The number of rotatable bonds is 5. The van der Waals surface area contributed by atoms with E-state index in [4.69, 9.17) is 9.15 Å². The third kappa shape index (κ3) is 2.90. The van der Waals surface area contributed by atoms with Crippen LogP contribution in [0.2, 0.25) is 0 Å². The molecule has 23 heavy (non-hydrogen) atoms. The van der Waals surface area contributed by atoms with E-state index < -0.39 is 17.9 Å². The molecule has 7 heteroatoms. The molecule has 1 aliphatic heterocycles. The van der Waals surface area contributed by atoms with Crippen molar-refractivity contribution >= 4 is 11.9 Å². The first-order valence-electron chi connectivity index (χ1n) is 7.31. The summed E-state index contributed by atoms with van der Waals surface area (Å²) < 4.78 is 10.5. The number of aromatic nitrogens is 1. The number of carbonyl (C=O) groups excluding carboxylic acids is 1. The number of benzene rings is 1. The number of hydrogen-bond donors (Lipinski definition) is 2. The van der Waals surface area contributed by atoms with Gasteiger partial charge in [0.05, 0.1) is 6.61 Å². The highest BCUT2D eigenvalue weighted by Crippen LogP contribution is 2.28. The summed E-state index contributed by atoms with van der Waals surface area (Å²) in [5.41, 5.74) is 1.55. The molecule has 1 amide bonds. The summed E-state index contributed by atoms with van der Waals surface area (Å²) in [4.78, 5) is 27.7. The molecule has 7 nitrogen and oxygen atoms in total. The molecule has 2 aromatic rings. The highest BCUT2D eigenvalue weighted by molar-refractivity contribution is 5.96. The van der Waals surface area contributed by atoms with Gasteiger partial charge >= 0.3 is 5.97 Å². The third-order valence-corrected chi connectivity index (χ3v) is 3.75. The second-order valence-electron chi connectivity index (χ2n) is 5.19. The fourth-order valence-corrected chi connectivity index (χ4v) is 2.58. The van der Waals surface area contributed by atoms with Crippen LogP contribution in [0.1, 0.15) is 40.3 Å². The van der Waals surface area contributed by atoms with Crippen LogP contribution in [0.3, 0.4) is 0 Å². The zero-order valence-electron chi connectivity index (χ0n) is 12.5. The number of ether oxygens (including phenoxy) is 1. The molecule has 2 heterocycles. The van der Waals surface area contributed by atoms with Crippen LogP contribution in [0, 0.1) is 0 Å². The molecular formula is C16H16N2O5. The largest absolute Gasteiger partial charge is 0.493 e. The Labute approximate surface area is 132 Å². The number of carbonyl (C=O) groups is 2. The van der Waals surface area contributed by atoms with E-state index in [0.29, 0.717) is 24.4 Å². The highest BCUT2D eigenvalue weighted by atomic mass is 16.5. The molecule has 1 unspecified atom stereocenters. The van der Waals surface area contributed by atoms with E-state index in [1.165, 1.54) is 6.39 Å². The fraction of sp³-hybridized carbons (Fsp3) is 0.312. The predicted octanol–water partition coefficient (Wildman–Crippen LogP) is 1.73. The van der Waals surface area contributed by atoms with Crippen molar-refractivity contribution in [3.8, 4) is 5.75 Å². The Morgan fingerprint density at radius 1 is 1.43 bits per heavy atom. The van der Waals surface area contributed by atoms with Crippen LogP contribution >= 0.6 is 0 Å². The van der Waals surface area contributed by atoms with Crippen LogP contribution < -0.4 is 10.1 Å². The van der Waals surface area contributed by atoms with Gasteiger partial charge in [0.25, 0.3) is 5.91 Å². The van der Waals surface area contributed by atoms with Crippen molar-refractivity contribution in [3.05, 3.63) is 47.2 Å². The van der Waals surface area contributed by atoms with Gasteiger partial charge in [0, 0.05) is 12.8 Å². The van der Waals surface area contributed by atoms with E-state index in [2.05, 4.69) is 10.3 Å². The molecule has 0 fully saturated rings. The first kappa shape index (κ1) is 15.1. The van der Waals surface area contributed by atoms with Crippen molar-refractivity contribution in [1.29, 1.82) is 0 Å². The molecule has 0 saturated carbocycles. The van der Waals surface area contributed by atoms with E-state index in [0.717, 1.165) is 17.7 Å². The Bertz CT molecular complexity index is 753. The average molecular weight is 316 g/mol. The smallest absolute Gasteiger partial charge is 0.330 e. The lowest BCUT2D eigenvalue weighted by Gasteiger charge is -2.15. The Balaban J connectivity index is 1.85. The molecular weight excluding hydrogens is 300 g/mol. The van der Waals surface area contributed by atoms with Crippen LogP contribution in [-0.4, -0.2) is 28.6 Å². The predicted molar refractivity (Wildman–Crippen MR) is 79.4 cm³/mol. The van der Waals surface area contributed by atoms with Crippen molar-refractivity contribution in [1.82, 2.24) is 10.3 Å². The minimum atomic E-state index is -1.16. The second-order valence-corrected chi connectivity index (χ2v) is 5.19. The van der Waals surface area contributed by atoms with E-state index >= 15 is 0 Å². The Morgan fingerprint density at radius 2 is 2.26 bits per heavy atom. The SMILES string of the molecule is CCc1ocnc1C(=O)NC(C(=O)O)c1ccc2c(c1)CCO2. The van der Waals surface area contributed by atoms with Crippen molar-refractivity contribution < 1.29 is 23.8 Å². The van der Waals surface area contributed by atoms with E-state index in [9.17, 15) is 14.7 Å². The average Bonchev–Trinajstić information content (AvgIpc) is 3.19. The molecule has 1 atom stereocenters. The Hall–Kier alpha value is -2.83. The third-order valence-electron chi connectivity index (χ3n) is 3.75. The van der Waals surface area contributed by atoms with E-state index in [1.807, 2.05) is 6.92 Å². The molecule has 1 aromatic carbocycles. The highest BCUT2D eigenvalue weighted by Gasteiger charge is 2.26. The quantitative estimate of drug-likeness (QED) is 0.871.